The number of likely N-dealkylation sites (tertiary alicyclic amines) is 1. The predicted molar refractivity (Wildman–Crippen MR) is 149 cm³/mol. The van der Waals surface area contributed by atoms with Crippen molar-refractivity contribution in [1.82, 2.24) is 20.9 Å². The summed E-state index contributed by atoms with van der Waals surface area (Å²) in [4.78, 5) is 41.9. The molecule has 2 fully saturated rings. The first-order chi connectivity index (χ1) is 18.1. The van der Waals surface area contributed by atoms with Crippen molar-refractivity contribution in [3.8, 4) is 0 Å². The van der Waals surface area contributed by atoms with E-state index < -0.39 is 11.5 Å². The minimum Gasteiger partial charge on any atom is -0.352 e. The molecule has 1 aliphatic carbocycles. The topological polar surface area (TPSA) is 90.5 Å². The van der Waals surface area contributed by atoms with Crippen LogP contribution in [0.2, 0.25) is 0 Å². The van der Waals surface area contributed by atoms with Crippen LogP contribution in [-0.2, 0) is 14.4 Å². The van der Waals surface area contributed by atoms with Crippen molar-refractivity contribution in [3.63, 3.8) is 0 Å². The lowest BCUT2D eigenvalue weighted by molar-refractivity contribution is -0.139. The Kier molecular flexibility index (Phi) is 8.56. The molecule has 4 rings (SSSR count). The number of rotatable bonds is 8. The van der Waals surface area contributed by atoms with Crippen LogP contribution in [0.4, 0.5) is 0 Å². The van der Waals surface area contributed by atoms with E-state index in [2.05, 4.69) is 16.0 Å². The molecule has 2 aromatic carbocycles. The van der Waals surface area contributed by atoms with Gasteiger partial charge in [-0.15, -0.1) is 0 Å². The molecule has 1 saturated carbocycles. The van der Waals surface area contributed by atoms with Gasteiger partial charge in [-0.05, 0) is 49.3 Å². The van der Waals surface area contributed by atoms with Gasteiger partial charge in [0, 0.05) is 25.0 Å². The molecule has 2 aromatic rings. The molecule has 38 heavy (non-hydrogen) atoms. The van der Waals surface area contributed by atoms with Crippen LogP contribution in [0.15, 0.2) is 60.7 Å². The first kappa shape index (κ1) is 27.8. The molecule has 0 radical (unpaired) electrons. The Morgan fingerprint density at radius 2 is 1.45 bits per heavy atom. The normalized spacial score (nSPS) is 22.6. The molecule has 1 heterocycles. The summed E-state index contributed by atoms with van der Waals surface area (Å²) in [5.74, 6) is -0.0476. The van der Waals surface area contributed by atoms with Gasteiger partial charge in [0.1, 0.15) is 6.04 Å². The van der Waals surface area contributed by atoms with Crippen LogP contribution < -0.4 is 16.0 Å². The van der Waals surface area contributed by atoms with E-state index in [-0.39, 0.29) is 41.6 Å². The molecule has 0 spiro atoms. The SMILES string of the molecule is CN[C@@H](C)C(=O)N[C@H](C(=O)N1C[C@H]2CC[C@H](NC(=O)C(c3ccccc3)c3ccccc3)[C@H]2C1)C(C)(C)C. The highest BCUT2D eigenvalue weighted by atomic mass is 16.2. The summed E-state index contributed by atoms with van der Waals surface area (Å²) >= 11 is 0. The smallest absolute Gasteiger partial charge is 0.245 e. The summed E-state index contributed by atoms with van der Waals surface area (Å²) in [5.41, 5.74) is 1.51. The van der Waals surface area contributed by atoms with E-state index in [1.807, 2.05) is 86.3 Å². The molecular weight excluding hydrogens is 476 g/mol. The van der Waals surface area contributed by atoms with Gasteiger partial charge in [0.25, 0.3) is 0 Å². The zero-order valence-electron chi connectivity index (χ0n) is 23.2. The summed E-state index contributed by atoms with van der Waals surface area (Å²) in [7, 11) is 1.73. The van der Waals surface area contributed by atoms with Gasteiger partial charge in [-0.2, -0.15) is 0 Å². The van der Waals surface area contributed by atoms with Gasteiger partial charge in [0.2, 0.25) is 17.7 Å². The van der Waals surface area contributed by atoms with Gasteiger partial charge in [0.15, 0.2) is 0 Å². The fourth-order valence-corrected chi connectivity index (χ4v) is 5.91. The molecule has 0 aromatic heterocycles. The van der Waals surface area contributed by atoms with E-state index in [1.165, 1.54) is 0 Å². The average molecular weight is 519 g/mol. The Labute approximate surface area is 226 Å². The first-order valence-electron chi connectivity index (χ1n) is 13.8. The lowest BCUT2D eigenvalue weighted by Crippen LogP contribution is -2.57. The van der Waals surface area contributed by atoms with Crippen LogP contribution in [0.3, 0.4) is 0 Å². The standard InChI is InChI=1S/C31H42N4O3/c1-20(32-5)28(36)34-27(31(2,3)4)30(38)35-18-23-16-17-25(24(23)19-35)33-29(37)26(21-12-8-6-9-13-21)22-14-10-7-11-15-22/h6-15,20,23-27,32H,16-19H2,1-5H3,(H,33,37)(H,34,36)/t20-,23+,24-,25-,27+/m0/s1. The molecule has 3 N–H and O–H groups in total. The van der Waals surface area contributed by atoms with Gasteiger partial charge in [-0.3, -0.25) is 14.4 Å². The molecule has 0 bridgehead atoms. The number of hydrogen-bond acceptors (Lipinski definition) is 4. The molecule has 5 atom stereocenters. The summed E-state index contributed by atoms with van der Waals surface area (Å²) in [6, 6.07) is 18.8. The Bertz CT molecular complexity index is 1080. The molecule has 1 saturated heterocycles. The van der Waals surface area contributed by atoms with Crippen molar-refractivity contribution < 1.29 is 14.4 Å². The molecule has 7 heteroatoms. The minimum absolute atomic E-state index is 0.00119. The van der Waals surface area contributed by atoms with E-state index in [9.17, 15) is 14.4 Å². The van der Waals surface area contributed by atoms with Gasteiger partial charge in [-0.1, -0.05) is 81.4 Å². The third kappa shape index (κ3) is 6.09. The molecule has 204 valence electrons. The second kappa shape index (κ2) is 11.7. The quantitative estimate of drug-likeness (QED) is 0.500. The third-order valence-electron chi connectivity index (χ3n) is 8.25. The van der Waals surface area contributed by atoms with Crippen molar-refractivity contribution in [2.45, 2.75) is 64.6 Å². The Hall–Kier alpha value is -3.19. The van der Waals surface area contributed by atoms with Crippen LogP contribution in [-0.4, -0.2) is 60.9 Å². The lowest BCUT2D eigenvalue weighted by Gasteiger charge is -2.34. The van der Waals surface area contributed by atoms with Gasteiger partial charge in [0.05, 0.1) is 12.0 Å². The number of carbonyl (C=O) groups excluding carboxylic acids is 3. The number of likely N-dealkylation sites (N-methyl/N-ethyl adjacent to an activating group) is 1. The monoisotopic (exact) mass is 518 g/mol. The van der Waals surface area contributed by atoms with E-state index in [4.69, 9.17) is 0 Å². The molecule has 2 aliphatic rings. The fourth-order valence-electron chi connectivity index (χ4n) is 5.91. The van der Waals surface area contributed by atoms with E-state index in [0.717, 1.165) is 24.0 Å². The Morgan fingerprint density at radius 1 is 0.868 bits per heavy atom. The number of nitrogens with one attached hydrogen (secondary N) is 3. The second-order valence-corrected chi connectivity index (χ2v) is 11.9. The fraction of sp³-hybridized carbons (Fsp3) is 0.516. The van der Waals surface area contributed by atoms with Crippen molar-refractivity contribution in [1.29, 1.82) is 0 Å². The number of hydrogen-bond donors (Lipinski definition) is 3. The van der Waals surface area contributed by atoms with Crippen molar-refractivity contribution in [2.24, 2.45) is 17.3 Å². The minimum atomic E-state index is -0.613. The summed E-state index contributed by atoms with van der Waals surface area (Å²) in [5, 5.41) is 9.29. The van der Waals surface area contributed by atoms with E-state index in [0.29, 0.717) is 19.0 Å². The first-order valence-corrected chi connectivity index (χ1v) is 13.8. The molecule has 7 nitrogen and oxygen atoms in total. The molecule has 3 amide bonds. The summed E-state index contributed by atoms with van der Waals surface area (Å²) in [6.45, 7) is 8.99. The highest BCUT2D eigenvalue weighted by Crippen LogP contribution is 2.39. The van der Waals surface area contributed by atoms with Crippen molar-refractivity contribution in [2.75, 3.05) is 20.1 Å². The maximum atomic E-state index is 13.7. The highest BCUT2D eigenvalue weighted by Gasteiger charge is 2.47. The number of carbonyl (C=O) groups is 3. The van der Waals surface area contributed by atoms with Crippen LogP contribution in [0, 0.1) is 17.3 Å². The zero-order valence-corrected chi connectivity index (χ0v) is 23.2. The Balaban J connectivity index is 1.47. The van der Waals surface area contributed by atoms with Gasteiger partial charge >= 0.3 is 0 Å². The van der Waals surface area contributed by atoms with Crippen LogP contribution in [0.5, 0.6) is 0 Å². The number of nitrogens with zero attached hydrogens (tertiary/aromatic N) is 1. The van der Waals surface area contributed by atoms with E-state index in [1.54, 1.807) is 14.0 Å². The third-order valence-corrected chi connectivity index (χ3v) is 8.25. The average Bonchev–Trinajstić information content (AvgIpc) is 3.49. The number of fused-ring (bicyclic) bond motifs is 1. The summed E-state index contributed by atoms with van der Waals surface area (Å²) in [6.07, 6.45) is 1.89. The van der Waals surface area contributed by atoms with Crippen LogP contribution >= 0.6 is 0 Å². The van der Waals surface area contributed by atoms with Crippen LogP contribution in [0.25, 0.3) is 0 Å². The van der Waals surface area contributed by atoms with Crippen LogP contribution in [0.1, 0.15) is 57.6 Å². The number of amides is 3. The molecule has 1 aliphatic heterocycles. The number of benzene rings is 2. The van der Waals surface area contributed by atoms with Crippen molar-refractivity contribution in [3.05, 3.63) is 71.8 Å². The zero-order chi connectivity index (χ0) is 27.4. The lowest BCUT2D eigenvalue weighted by atomic mass is 9.85. The molecular formula is C31H42N4O3. The van der Waals surface area contributed by atoms with Crippen molar-refractivity contribution >= 4 is 17.7 Å². The highest BCUT2D eigenvalue weighted by molar-refractivity contribution is 5.90. The van der Waals surface area contributed by atoms with Gasteiger partial charge in [-0.25, -0.2) is 0 Å². The maximum absolute atomic E-state index is 13.7. The van der Waals surface area contributed by atoms with E-state index >= 15 is 0 Å². The molecule has 0 unspecified atom stereocenters. The van der Waals surface area contributed by atoms with Gasteiger partial charge < -0.3 is 20.9 Å². The largest absolute Gasteiger partial charge is 0.352 e. The second-order valence-electron chi connectivity index (χ2n) is 11.9. The predicted octanol–water partition coefficient (Wildman–Crippen LogP) is 3.31. The maximum Gasteiger partial charge on any atom is 0.245 e. The summed E-state index contributed by atoms with van der Waals surface area (Å²) < 4.78 is 0. The Morgan fingerprint density at radius 3 is 1.97 bits per heavy atom.